The van der Waals surface area contributed by atoms with Gasteiger partial charge in [-0.1, -0.05) is 0 Å². The van der Waals surface area contributed by atoms with Crippen LogP contribution in [0.4, 0.5) is 0 Å². The molecule has 0 saturated carbocycles. The van der Waals surface area contributed by atoms with Crippen molar-refractivity contribution < 1.29 is 10.6 Å². The number of hydrogen-bond donors (Lipinski definition) is 1. The number of rotatable bonds is 2. The molecule has 0 bridgehead atoms. The predicted molar refractivity (Wildman–Crippen MR) is 29.9 cm³/mol. The van der Waals surface area contributed by atoms with E-state index in [-0.39, 0.29) is 5.48 Å². The highest BCUT2D eigenvalue weighted by Gasteiger charge is 1.69. The first-order chi connectivity index (χ1) is 2.41. The molecule has 0 heterocycles. The van der Waals surface area contributed by atoms with Gasteiger partial charge in [0.25, 0.3) is 0 Å². The van der Waals surface area contributed by atoms with Crippen LogP contribution in [0, 0.1) is 0 Å². The Balaban J connectivity index is 0. The van der Waals surface area contributed by atoms with Crippen molar-refractivity contribution in [3.05, 3.63) is 0 Å². The Morgan fingerprint density at radius 2 is 2.00 bits per heavy atom. The molecule has 1 atom stereocenters. The summed E-state index contributed by atoms with van der Waals surface area (Å²) < 4.78 is 0. The van der Waals surface area contributed by atoms with Gasteiger partial charge in [-0.2, -0.15) is 0 Å². The van der Waals surface area contributed by atoms with Crippen LogP contribution in [-0.2, 0) is 0 Å². The fourth-order valence-corrected chi connectivity index (χ4v) is 0.274. The highest BCUT2D eigenvalue weighted by atomic mass is 31.0. The summed E-state index contributed by atoms with van der Waals surface area (Å²) in [6.07, 6.45) is 1.92. The van der Waals surface area contributed by atoms with E-state index in [0.717, 1.165) is 12.6 Å². The maximum Gasteiger partial charge on any atom is 0.0434 e. The lowest BCUT2D eigenvalue weighted by atomic mass is 10.5. The van der Waals surface area contributed by atoms with E-state index in [1.165, 1.54) is 0 Å². The van der Waals surface area contributed by atoms with Crippen LogP contribution in [0.15, 0.2) is 0 Å². The first-order valence-corrected chi connectivity index (χ1v) is 2.54. The Morgan fingerprint density at radius 1 is 1.50 bits per heavy atom. The lowest BCUT2D eigenvalue weighted by Crippen LogP contribution is -1.78. The van der Waals surface area contributed by atoms with Crippen molar-refractivity contribution in [2.75, 3.05) is 12.8 Å². The van der Waals surface area contributed by atoms with E-state index in [2.05, 4.69) is 9.24 Å². The molecule has 0 aromatic carbocycles. The van der Waals surface area contributed by atoms with Gasteiger partial charge in [0.1, 0.15) is 0 Å². The molecule has 0 spiro atoms. The molecule has 0 aliphatic heterocycles. The molecule has 0 fully saturated rings. The van der Waals surface area contributed by atoms with E-state index in [1.807, 2.05) is 0 Å². The number of hydrogen-bond acceptors (Lipinski definition) is 1. The van der Waals surface area contributed by atoms with Gasteiger partial charge < -0.3 is 10.6 Å². The van der Waals surface area contributed by atoms with E-state index in [9.17, 15) is 0 Å². The fraction of sp³-hybridized carbons (Fsp3) is 1.00. The molecule has 0 aromatic rings. The molecule has 0 rings (SSSR count). The monoisotopic (exact) mass is 110 g/mol. The molecule has 40 valence electrons. The van der Waals surface area contributed by atoms with Gasteiger partial charge in [-0.25, -0.2) is 0 Å². The van der Waals surface area contributed by atoms with Crippen LogP contribution in [0.2, 0.25) is 0 Å². The minimum atomic E-state index is 0. The molecule has 0 aromatic heterocycles. The minimum absolute atomic E-state index is 0. The molecule has 3 heteroatoms. The third-order valence-electron chi connectivity index (χ3n) is 0.362. The van der Waals surface area contributed by atoms with E-state index in [4.69, 9.17) is 5.11 Å². The van der Waals surface area contributed by atoms with E-state index in [1.54, 1.807) is 0 Å². The van der Waals surface area contributed by atoms with Crippen molar-refractivity contribution in [1.82, 2.24) is 0 Å². The Labute approximate surface area is 40.1 Å². The zero-order valence-electron chi connectivity index (χ0n) is 3.65. The predicted octanol–water partition coefficient (Wildman–Crippen LogP) is -0.581. The summed E-state index contributed by atoms with van der Waals surface area (Å²) in [5.74, 6) is 0. The Kier molecular flexibility index (Phi) is 14.4. The molecule has 2 nitrogen and oxygen atoms in total. The van der Waals surface area contributed by atoms with Gasteiger partial charge in [-0.05, 0) is 12.6 Å². The van der Waals surface area contributed by atoms with Crippen molar-refractivity contribution in [2.24, 2.45) is 0 Å². The zero-order chi connectivity index (χ0) is 4.12. The van der Waals surface area contributed by atoms with Crippen LogP contribution in [-0.4, -0.2) is 23.4 Å². The highest BCUT2D eigenvalue weighted by molar-refractivity contribution is 7.16. The topological polar surface area (TPSA) is 51.7 Å². The summed E-state index contributed by atoms with van der Waals surface area (Å²) in [7, 11) is 2.54. The summed E-state index contributed by atoms with van der Waals surface area (Å²) in [4.78, 5) is 0. The van der Waals surface area contributed by atoms with Crippen molar-refractivity contribution in [2.45, 2.75) is 6.42 Å². The molecule has 0 aliphatic rings. The summed E-state index contributed by atoms with van der Waals surface area (Å²) in [6.45, 7) is 0.323. The third-order valence-corrected chi connectivity index (χ3v) is 0.770. The quantitative estimate of drug-likeness (QED) is 0.475. The number of aliphatic hydroxyl groups excluding tert-OH is 1. The summed E-state index contributed by atoms with van der Waals surface area (Å²) in [5, 5.41) is 8.05. The maximum absolute atomic E-state index is 8.05. The molecular formula is C3H11O2P. The molecule has 0 amide bonds. The van der Waals surface area contributed by atoms with Gasteiger partial charge in [-0.15, -0.1) is 9.24 Å². The first kappa shape index (κ1) is 9.61. The first-order valence-electron chi connectivity index (χ1n) is 1.72. The van der Waals surface area contributed by atoms with Crippen molar-refractivity contribution >= 4 is 9.24 Å². The SMILES string of the molecule is O.OCCCP. The van der Waals surface area contributed by atoms with E-state index < -0.39 is 0 Å². The zero-order valence-corrected chi connectivity index (χ0v) is 4.80. The number of aliphatic hydroxyl groups is 1. The van der Waals surface area contributed by atoms with Crippen LogP contribution in [0.25, 0.3) is 0 Å². The standard InChI is InChI=1S/C3H9OP.H2O/c4-2-1-3-5;/h4H,1-3,5H2;1H2. The molecule has 3 N–H and O–H groups in total. The van der Waals surface area contributed by atoms with Gasteiger partial charge in [0.15, 0.2) is 0 Å². The normalized spacial score (nSPS) is 7.00. The van der Waals surface area contributed by atoms with Crippen LogP contribution < -0.4 is 0 Å². The smallest absolute Gasteiger partial charge is 0.0434 e. The van der Waals surface area contributed by atoms with E-state index in [0.29, 0.717) is 6.61 Å². The van der Waals surface area contributed by atoms with Crippen LogP contribution in [0.1, 0.15) is 6.42 Å². The molecular weight excluding hydrogens is 99.0 g/mol. The van der Waals surface area contributed by atoms with Gasteiger partial charge in [0, 0.05) is 6.61 Å². The van der Waals surface area contributed by atoms with Gasteiger partial charge >= 0.3 is 0 Å². The second-order valence-electron chi connectivity index (χ2n) is 0.866. The molecule has 0 aliphatic carbocycles. The molecule has 1 unspecified atom stereocenters. The molecule has 0 saturated heterocycles. The average molecular weight is 110 g/mol. The van der Waals surface area contributed by atoms with Crippen molar-refractivity contribution in [3.8, 4) is 0 Å². The van der Waals surface area contributed by atoms with Crippen LogP contribution in [0.5, 0.6) is 0 Å². The summed E-state index contributed by atoms with van der Waals surface area (Å²) >= 11 is 0. The van der Waals surface area contributed by atoms with Gasteiger partial charge in [0.05, 0.1) is 0 Å². The average Bonchev–Trinajstić information content (AvgIpc) is 1.41. The summed E-state index contributed by atoms with van der Waals surface area (Å²) in [6, 6.07) is 0. The largest absolute Gasteiger partial charge is 0.412 e. The Bertz CT molecular complexity index is 16.3. The minimum Gasteiger partial charge on any atom is -0.412 e. The maximum atomic E-state index is 8.05. The second kappa shape index (κ2) is 9.02. The Hall–Kier alpha value is 0.350. The van der Waals surface area contributed by atoms with Crippen molar-refractivity contribution in [3.63, 3.8) is 0 Å². The van der Waals surface area contributed by atoms with Crippen LogP contribution >= 0.6 is 9.24 Å². The highest BCUT2D eigenvalue weighted by Crippen LogP contribution is 1.82. The Morgan fingerprint density at radius 3 is 2.00 bits per heavy atom. The summed E-state index contributed by atoms with van der Waals surface area (Å²) in [5.41, 5.74) is 0. The van der Waals surface area contributed by atoms with Crippen LogP contribution in [0.3, 0.4) is 0 Å². The second-order valence-corrected chi connectivity index (χ2v) is 1.44. The van der Waals surface area contributed by atoms with Crippen molar-refractivity contribution in [1.29, 1.82) is 0 Å². The molecule has 0 radical (unpaired) electrons. The van der Waals surface area contributed by atoms with Gasteiger partial charge in [0.2, 0.25) is 0 Å². The molecule has 6 heavy (non-hydrogen) atoms. The lowest BCUT2D eigenvalue weighted by molar-refractivity contribution is 0.296. The van der Waals surface area contributed by atoms with E-state index >= 15 is 0 Å². The third kappa shape index (κ3) is 8.84. The van der Waals surface area contributed by atoms with Gasteiger partial charge in [-0.3, -0.25) is 0 Å². The lowest BCUT2D eigenvalue weighted by Gasteiger charge is -1.79. The fourth-order valence-electron chi connectivity index (χ4n) is 0.0913.